The standard InChI is InChI=1S/C24H25N5O/c1-16-4-2-3-11-29(16)22-8-7-19(13-20(22)14-25)24-27-23(28-30-24)18-6-5-17-9-10-26-15-21(17)12-18/h5-8,12-13,16,26H,2-4,9-11,15H2,1H3/t16-/m0/s1. The molecule has 1 aromatic heterocycles. The predicted molar refractivity (Wildman–Crippen MR) is 116 cm³/mol. The van der Waals surface area contributed by atoms with Crippen LogP contribution in [-0.2, 0) is 13.0 Å². The molecule has 2 aliphatic rings. The number of anilines is 1. The number of aromatic nitrogens is 2. The molecule has 3 heterocycles. The van der Waals surface area contributed by atoms with Gasteiger partial charge in [-0.15, -0.1) is 0 Å². The molecule has 0 amide bonds. The molecule has 1 saturated heterocycles. The molecule has 0 aliphatic carbocycles. The first-order valence-electron chi connectivity index (χ1n) is 10.7. The molecule has 5 rings (SSSR count). The second-order valence-electron chi connectivity index (χ2n) is 8.22. The van der Waals surface area contributed by atoms with Crippen LogP contribution in [0.4, 0.5) is 5.69 Å². The summed E-state index contributed by atoms with van der Waals surface area (Å²) in [4.78, 5) is 6.95. The number of fused-ring (bicyclic) bond motifs is 1. The Hall–Kier alpha value is -3.17. The summed E-state index contributed by atoms with van der Waals surface area (Å²) in [5, 5.41) is 17.3. The van der Waals surface area contributed by atoms with E-state index in [4.69, 9.17) is 4.52 Å². The van der Waals surface area contributed by atoms with Crippen LogP contribution in [0.15, 0.2) is 40.9 Å². The van der Waals surface area contributed by atoms with Crippen LogP contribution in [0, 0.1) is 11.3 Å². The third-order valence-electron chi connectivity index (χ3n) is 6.25. The Morgan fingerprint density at radius 2 is 2.03 bits per heavy atom. The third kappa shape index (κ3) is 3.46. The summed E-state index contributed by atoms with van der Waals surface area (Å²) in [6.45, 7) is 5.11. The summed E-state index contributed by atoms with van der Waals surface area (Å²) >= 11 is 0. The third-order valence-corrected chi connectivity index (χ3v) is 6.25. The van der Waals surface area contributed by atoms with Gasteiger partial charge < -0.3 is 14.7 Å². The summed E-state index contributed by atoms with van der Waals surface area (Å²) in [6, 6.07) is 15.0. The highest BCUT2D eigenvalue weighted by molar-refractivity contribution is 5.69. The van der Waals surface area contributed by atoms with Gasteiger partial charge in [0.15, 0.2) is 0 Å². The summed E-state index contributed by atoms with van der Waals surface area (Å²) < 4.78 is 5.56. The number of nitrogens with one attached hydrogen (secondary N) is 1. The van der Waals surface area contributed by atoms with Gasteiger partial charge in [-0.3, -0.25) is 0 Å². The smallest absolute Gasteiger partial charge is 0.258 e. The van der Waals surface area contributed by atoms with E-state index in [1.807, 2.05) is 18.2 Å². The van der Waals surface area contributed by atoms with Crippen LogP contribution in [0.3, 0.4) is 0 Å². The van der Waals surface area contributed by atoms with Crippen molar-refractivity contribution in [1.29, 1.82) is 5.26 Å². The predicted octanol–water partition coefficient (Wildman–Crippen LogP) is 4.30. The van der Waals surface area contributed by atoms with E-state index in [1.165, 1.54) is 24.0 Å². The van der Waals surface area contributed by atoms with Crippen LogP contribution in [-0.4, -0.2) is 29.3 Å². The quantitative estimate of drug-likeness (QED) is 0.707. The van der Waals surface area contributed by atoms with Gasteiger partial charge in [0.05, 0.1) is 11.3 Å². The average Bonchev–Trinajstić information content (AvgIpc) is 3.29. The largest absolute Gasteiger partial charge is 0.368 e. The molecule has 6 heteroatoms. The molecule has 2 aromatic carbocycles. The Morgan fingerprint density at radius 3 is 2.90 bits per heavy atom. The topological polar surface area (TPSA) is 78.0 Å². The minimum absolute atomic E-state index is 0.440. The number of benzene rings is 2. The van der Waals surface area contributed by atoms with E-state index in [0.29, 0.717) is 23.3 Å². The normalized spacial score (nSPS) is 18.7. The molecule has 1 N–H and O–H groups in total. The molecular weight excluding hydrogens is 374 g/mol. The molecule has 0 unspecified atom stereocenters. The van der Waals surface area contributed by atoms with Crippen molar-refractivity contribution >= 4 is 5.69 Å². The van der Waals surface area contributed by atoms with Gasteiger partial charge in [-0.1, -0.05) is 17.3 Å². The monoisotopic (exact) mass is 399 g/mol. The lowest BCUT2D eigenvalue weighted by Crippen LogP contribution is -2.37. The highest BCUT2D eigenvalue weighted by Crippen LogP contribution is 2.32. The van der Waals surface area contributed by atoms with Crippen LogP contribution < -0.4 is 10.2 Å². The Balaban J connectivity index is 1.44. The van der Waals surface area contributed by atoms with Crippen molar-refractivity contribution < 1.29 is 4.52 Å². The van der Waals surface area contributed by atoms with Gasteiger partial charge in [0.2, 0.25) is 5.82 Å². The van der Waals surface area contributed by atoms with Gasteiger partial charge in [-0.2, -0.15) is 10.2 Å². The number of nitrogens with zero attached hydrogens (tertiary/aromatic N) is 4. The molecule has 0 bridgehead atoms. The maximum Gasteiger partial charge on any atom is 0.258 e. The number of nitriles is 1. The van der Waals surface area contributed by atoms with Gasteiger partial charge in [0, 0.05) is 30.3 Å². The van der Waals surface area contributed by atoms with Crippen LogP contribution >= 0.6 is 0 Å². The van der Waals surface area contributed by atoms with Crippen molar-refractivity contribution in [1.82, 2.24) is 15.5 Å². The fourth-order valence-electron chi connectivity index (χ4n) is 4.54. The molecule has 0 saturated carbocycles. The number of piperidine rings is 1. The fourth-order valence-corrected chi connectivity index (χ4v) is 4.54. The van der Waals surface area contributed by atoms with Crippen molar-refractivity contribution in [2.45, 2.75) is 45.2 Å². The summed E-state index contributed by atoms with van der Waals surface area (Å²) in [5.74, 6) is 1.01. The van der Waals surface area contributed by atoms with Gasteiger partial charge in [0.1, 0.15) is 6.07 Å². The van der Waals surface area contributed by atoms with Crippen LogP contribution in [0.1, 0.15) is 42.9 Å². The van der Waals surface area contributed by atoms with Crippen molar-refractivity contribution in [2.24, 2.45) is 0 Å². The second kappa shape index (κ2) is 7.92. The maximum atomic E-state index is 9.75. The molecule has 0 radical (unpaired) electrons. The Kier molecular flexibility index (Phi) is 4.97. The zero-order chi connectivity index (χ0) is 20.5. The summed E-state index contributed by atoms with van der Waals surface area (Å²) in [6.07, 6.45) is 4.63. The minimum Gasteiger partial charge on any atom is -0.368 e. The van der Waals surface area contributed by atoms with E-state index in [9.17, 15) is 5.26 Å². The van der Waals surface area contributed by atoms with E-state index in [0.717, 1.165) is 49.3 Å². The van der Waals surface area contributed by atoms with Gasteiger partial charge >= 0.3 is 0 Å². The zero-order valence-corrected chi connectivity index (χ0v) is 17.2. The first-order valence-corrected chi connectivity index (χ1v) is 10.7. The van der Waals surface area contributed by atoms with E-state index in [-0.39, 0.29) is 0 Å². The van der Waals surface area contributed by atoms with E-state index < -0.39 is 0 Å². The molecule has 6 nitrogen and oxygen atoms in total. The van der Waals surface area contributed by atoms with Crippen molar-refractivity contribution in [3.8, 4) is 28.9 Å². The number of hydrogen-bond donors (Lipinski definition) is 1. The Morgan fingerprint density at radius 1 is 1.13 bits per heavy atom. The lowest BCUT2D eigenvalue weighted by molar-refractivity contribution is 0.432. The van der Waals surface area contributed by atoms with Gasteiger partial charge in [-0.05, 0) is 74.5 Å². The SMILES string of the molecule is C[C@H]1CCCCN1c1ccc(-c2nc(-c3ccc4c(c3)CNCC4)no2)cc1C#N. The maximum absolute atomic E-state index is 9.75. The van der Waals surface area contributed by atoms with Crippen LogP contribution in [0.25, 0.3) is 22.8 Å². The highest BCUT2D eigenvalue weighted by atomic mass is 16.5. The first-order chi connectivity index (χ1) is 14.7. The van der Waals surface area contributed by atoms with E-state index in [1.54, 1.807) is 0 Å². The van der Waals surface area contributed by atoms with Gasteiger partial charge in [-0.25, -0.2) is 0 Å². The molecule has 152 valence electrons. The second-order valence-corrected chi connectivity index (χ2v) is 8.22. The summed E-state index contributed by atoms with van der Waals surface area (Å²) in [5.41, 5.74) is 6.04. The number of hydrogen-bond acceptors (Lipinski definition) is 6. The van der Waals surface area contributed by atoms with Crippen molar-refractivity contribution in [3.63, 3.8) is 0 Å². The molecule has 3 aromatic rings. The zero-order valence-electron chi connectivity index (χ0n) is 17.2. The molecule has 1 atom stereocenters. The van der Waals surface area contributed by atoms with E-state index in [2.05, 4.69) is 51.5 Å². The molecule has 1 fully saturated rings. The Labute approximate surface area is 176 Å². The average molecular weight is 399 g/mol. The molecule has 30 heavy (non-hydrogen) atoms. The van der Waals surface area contributed by atoms with Crippen LogP contribution in [0.5, 0.6) is 0 Å². The fraction of sp³-hybridized carbons (Fsp3) is 0.375. The van der Waals surface area contributed by atoms with E-state index >= 15 is 0 Å². The number of rotatable bonds is 3. The molecule has 2 aliphatic heterocycles. The Bertz CT molecular complexity index is 1110. The highest BCUT2D eigenvalue weighted by Gasteiger charge is 2.22. The van der Waals surface area contributed by atoms with Gasteiger partial charge in [0.25, 0.3) is 5.89 Å². The first kappa shape index (κ1) is 18.8. The lowest BCUT2D eigenvalue weighted by Gasteiger charge is -2.36. The minimum atomic E-state index is 0.440. The molecule has 0 spiro atoms. The van der Waals surface area contributed by atoms with Crippen molar-refractivity contribution in [2.75, 3.05) is 18.0 Å². The van der Waals surface area contributed by atoms with Crippen LogP contribution in [0.2, 0.25) is 0 Å². The van der Waals surface area contributed by atoms with Crippen molar-refractivity contribution in [3.05, 3.63) is 53.1 Å². The lowest BCUT2D eigenvalue weighted by atomic mass is 9.98. The summed E-state index contributed by atoms with van der Waals surface area (Å²) in [7, 11) is 0. The molecular formula is C24H25N5O.